The number of thiazole rings is 1. The van der Waals surface area contributed by atoms with Crippen molar-refractivity contribution in [1.29, 1.82) is 0 Å². The molecule has 3 amide bonds. The van der Waals surface area contributed by atoms with Crippen molar-refractivity contribution in [3.8, 4) is 10.8 Å². The summed E-state index contributed by atoms with van der Waals surface area (Å²) in [5.74, 6) is 0.403. The molecule has 0 aliphatic carbocycles. The van der Waals surface area contributed by atoms with Crippen LogP contribution >= 0.6 is 11.3 Å². The summed E-state index contributed by atoms with van der Waals surface area (Å²) in [4.78, 5) is 40.9. The molecule has 1 aromatic carbocycles. The van der Waals surface area contributed by atoms with Gasteiger partial charge in [0.05, 0.1) is 10.2 Å². The molecule has 1 fully saturated rings. The van der Waals surface area contributed by atoms with E-state index in [1.807, 2.05) is 24.3 Å². The number of hydrogen-bond donors (Lipinski definition) is 1. The fraction of sp³-hybridized carbons (Fsp3) is 0.263. The molecule has 0 saturated carbocycles. The molecule has 3 aromatic rings. The summed E-state index contributed by atoms with van der Waals surface area (Å²) in [6.45, 7) is 0.278. The fourth-order valence-electron chi connectivity index (χ4n) is 2.97. The first kappa shape index (κ1) is 17.4. The van der Waals surface area contributed by atoms with Gasteiger partial charge in [-0.05, 0) is 24.6 Å². The molecule has 4 rings (SSSR count). The Kier molecular flexibility index (Phi) is 4.72. The van der Waals surface area contributed by atoms with Crippen molar-refractivity contribution in [2.24, 2.45) is 0 Å². The Labute approximate surface area is 159 Å². The molecule has 138 valence electrons. The number of carbonyl (C=O) groups is 3. The van der Waals surface area contributed by atoms with E-state index in [0.29, 0.717) is 18.1 Å². The van der Waals surface area contributed by atoms with Crippen LogP contribution in [0.5, 0.6) is 0 Å². The number of benzene rings is 1. The number of aromatic nitrogens is 1. The molecule has 0 bridgehead atoms. The van der Waals surface area contributed by atoms with E-state index in [2.05, 4.69) is 10.3 Å². The molecule has 1 saturated heterocycles. The van der Waals surface area contributed by atoms with Gasteiger partial charge in [-0.25, -0.2) is 4.98 Å². The van der Waals surface area contributed by atoms with Gasteiger partial charge in [-0.1, -0.05) is 12.1 Å². The number of nitrogens with one attached hydrogen (secondary N) is 1. The van der Waals surface area contributed by atoms with Crippen LogP contribution in [0.25, 0.3) is 21.0 Å². The Morgan fingerprint density at radius 2 is 1.93 bits per heavy atom. The summed E-state index contributed by atoms with van der Waals surface area (Å²) in [5, 5.41) is 3.45. The number of imide groups is 1. The predicted octanol–water partition coefficient (Wildman–Crippen LogP) is 3.42. The van der Waals surface area contributed by atoms with Crippen molar-refractivity contribution >= 4 is 45.2 Å². The standard InChI is InChI=1S/C19H17N3O4S/c23-15(6-3-11-22-17(24)9-10-18(22)25)21-16-8-7-13(26-16)19-20-12-4-1-2-5-14(12)27-19/h1-2,4-5,7-8H,3,6,9-11H2,(H,21,23). The number of rotatable bonds is 6. The minimum atomic E-state index is -0.223. The number of carbonyl (C=O) groups excluding carboxylic acids is 3. The van der Waals surface area contributed by atoms with E-state index in [-0.39, 0.29) is 43.5 Å². The molecule has 8 heteroatoms. The van der Waals surface area contributed by atoms with Crippen LogP contribution in [0, 0.1) is 0 Å². The highest BCUT2D eigenvalue weighted by Crippen LogP contribution is 2.32. The van der Waals surface area contributed by atoms with Gasteiger partial charge in [-0.3, -0.25) is 24.6 Å². The van der Waals surface area contributed by atoms with Crippen molar-refractivity contribution in [3.63, 3.8) is 0 Å². The predicted molar refractivity (Wildman–Crippen MR) is 101 cm³/mol. The lowest BCUT2D eigenvalue weighted by Gasteiger charge is -2.12. The number of furan rings is 1. The van der Waals surface area contributed by atoms with Gasteiger partial charge in [0.15, 0.2) is 16.7 Å². The number of likely N-dealkylation sites (tertiary alicyclic amines) is 1. The van der Waals surface area contributed by atoms with E-state index in [4.69, 9.17) is 4.42 Å². The van der Waals surface area contributed by atoms with Crippen molar-refractivity contribution in [2.75, 3.05) is 11.9 Å². The van der Waals surface area contributed by atoms with Crippen LogP contribution in [0.2, 0.25) is 0 Å². The van der Waals surface area contributed by atoms with Gasteiger partial charge in [0.1, 0.15) is 0 Å². The smallest absolute Gasteiger partial charge is 0.229 e. The molecule has 7 nitrogen and oxygen atoms in total. The number of para-hydroxylation sites is 1. The summed E-state index contributed by atoms with van der Waals surface area (Å²) in [6.07, 6.45) is 1.17. The van der Waals surface area contributed by atoms with Crippen LogP contribution in [0.4, 0.5) is 5.88 Å². The Balaban J connectivity index is 1.33. The molecule has 1 aliphatic rings. The molecule has 27 heavy (non-hydrogen) atoms. The lowest BCUT2D eigenvalue weighted by Crippen LogP contribution is -2.30. The highest BCUT2D eigenvalue weighted by Gasteiger charge is 2.28. The lowest BCUT2D eigenvalue weighted by molar-refractivity contribution is -0.138. The van der Waals surface area contributed by atoms with Gasteiger partial charge in [-0.15, -0.1) is 11.3 Å². The highest BCUT2D eigenvalue weighted by atomic mass is 32.1. The fourth-order valence-corrected chi connectivity index (χ4v) is 3.89. The lowest BCUT2D eigenvalue weighted by atomic mass is 10.3. The molecule has 2 aromatic heterocycles. The number of fused-ring (bicyclic) bond motifs is 1. The van der Waals surface area contributed by atoms with Crippen LogP contribution in [0.15, 0.2) is 40.8 Å². The molecule has 0 spiro atoms. The Bertz CT molecular complexity index is 974. The topological polar surface area (TPSA) is 92.5 Å². The van der Waals surface area contributed by atoms with Crippen LogP contribution in [-0.4, -0.2) is 34.2 Å². The zero-order chi connectivity index (χ0) is 18.8. The summed E-state index contributed by atoms with van der Waals surface area (Å²) < 4.78 is 6.75. The quantitative estimate of drug-likeness (QED) is 0.659. The molecule has 0 radical (unpaired) electrons. The monoisotopic (exact) mass is 383 g/mol. The third-order valence-corrected chi connectivity index (χ3v) is 5.36. The second-order valence-corrected chi connectivity index (χ2v) is 7.27. The summed E-state index contributed by atoms with van der Waals surface area (Å²) in [5.41, 5.74) is 0.908. The summed E-state index contributed by atoms with van der Waals surface area (Å²) in [6, 6.07) is 11.3. The van der Waals surface area contributed by atoms with E-state index in [1.165, 1.54) is 16.2 Å². The molecule has 1 N–H and O–H groups in total. The Morgan fingerprint density at radius 3 is 2.70 bits per heavy atom. The number of anilines is 1. The van der Waals surface area contributed by atoms with E-state index >= 15 is 0 Å². The average Bonchev–Trinajstić information content (AvgIpc) is 3.35. The molecular formula is C19H17N3O4S. The third-order valence-electron chi connectivity index (χ3n) is 4.31. The van der Waals surface area contributed by atoms with Gasteiger partial charge in [0.25, 0.3) is 0 Å². The normalized spacial score (nSPS) is 14.3. The molecule has 0 unspecified atom stereocenters. The van der Waals surface area contributed by atoms with Crippen molar-refractivity contribution in [3.05, 3.63) is 36.4 Å². The zero-order valence-electron chi connectivity index (χ0n) is 14.4. The maximum atomic E-state index is 12.1. The van der Waals surface area contributed by atoms with Crippen LogP contribution in [0.1, 0.15) is 25.7 Å². The second-order valence-electron chi connectivity index (χ2n) is 6.24. The summed E-state index contributed by atoms with van der Waals surface area (Å²) >= 11 is 1.52. The molecule has 3 heterocycles. The molecule has 1 aliphatic heterocycles. The van der Waals surface area contributed by atoms with Crippen molar-refractivity contribution in [2.45, 2.75) is 25.7 Å². The first-order valence-electron chi connectivity index (χ1n) is 8.69. The van der Waals surface area contributed by atoms with Crippen molar-refractivity contribution in [1.82, 2.24) is 9.88 Å². The Hall–Kier alpha value is -3.00. The number of hydrogen-bond acceptors (Lipinski definition) is 6. The number of nitrogens with zero attached hydrogens (tertiary/aromatic N) is 2. The first-order valence-corrected chi connectivity index (χ1v) is 9.50. The molecule has 0 atom stereocenters. The largest absolute Gasteiger partial charge is 0.438 e. The van der Waals surface area contributed by atoms with Gasteiger partial charge in [0.2, 0.25) is 17.7 Å². The maximum absolute atomic E-state index is 12.1. The van der Waals surface area contributed by atoms with Crippen molar-refractivity contribution < 1.29 is 18.8 Å². The SMILES string of the molecule is O=C(CCCN1C(=O)CCC1=O)Nc1ccc(-c2nc3ccccc3s2)o1. The zero-order valence-corrected chi connectivity index (χ0v) is 15.3. The first-order chi connectivity index (χ1) is 13.1. The Morgan fingerprint density at radius 1 is 1.15 bits per heavy atom. The maximum Gasteiger partial charge on any atom is 0.229 e. The van der Waals surface area contributed by atoms with E-state index < -0.39 is 0 Å². The second kappa shape index (κ2) is 7.32. The van der Waals surface area contributed by atoms with Gasteiger partial charge in [0, 0.05) is 31.9 Å². The van der Waals surface area contributed by atoms with Gasteiger partial charge in [-0.2, -0.15) is 0 Å². The van der Waals surface area contributed by atoms with Crippen LogP contribution in [0.3, 0.4) is 0 Å². The molecular weight excluding hydrogens is 366 g/mol. The van der Waals surface area contributed by atoms with E-state index in [0.717, 1.165) is 15.2 Å². The minimum Gasteiger partial charge on any atom is -0.438 e. The van der Waals surface area contributed by atoms with Gasteiger partial charge >= 0.3 is 0 Å². The minimum absolute atomic E-state index is 0.160. The average molecular weight is 383 g/mol. The third kappa shape index (κ3) is 3.75. The van der Waals surface area contributed by atoms with Crippen LogP contribution < -0.4 is 5.32 Å². The summed E-state index contributed by atoms with van der Waals surface area (Å²) in [7, 11) is 0. The van der Waals surface area contributed by atoms with Crippen LogP contribution in [-0.2, 0) is 14.4 Å². The number of amides is 3. The highest BCUT2D eigenvalue weighted by molar-refractivity contribution is 7.21. The van der Waals surface area contributed by atoms with E-state index in [1.54, 1.807) is 12.1 Å². The van der Waals surface area contributed by atoms with Gasteiger partial charge < -0.3 is 4.42 Å². The van der Waals surface area contributed by atoms with E-state index in [9.17, 15) is 14.4 Å².